The second-order valence-corrected chi connectivity index (χ2v) is 2.40. The molecular weight excluding hydrogens is 126 g/mol. The molecule has 44 valence electrons. The summed E-state index contributed by atoms with van der Waals surface area (Å²) in [5.74, 6) is 0. The van der Waals surface area contributed by atoms with Crippen LogP contribution in [0.1, 0.15) is 6.92 Å². The number of thiol groups is 1. The summed E-state index contributed by atoms with van der Waals surface area (Å²) in [5.41, 5.74) is 0. The molecule has 0 saturated heterocycles. The Labute approximate surface area is 41.1 Å². The Morgan fingerprint density at radius 3 is 1.57 bits per heavy atom. The van der Waals surface area contributed by atoms with Crippen LogP contribution in [0.4, 0.5) is 8.78 Å². The van der Waals surface area contributed by atoms with Crippen LogP contribution in [0.15, 0.2) is 0 Å². The maximum absolute atomic E-state index is 11.2. The van der Waals surface area contributed by atoms with Gasteiger partial charge in [0.05, 0.1) is 0 Å². The highest BCUT2D eigenvalue weighted by molar-refractivity contribution is 7.73. The van der Waals surface area contributed by atoms with Crippen LogP contribution in [-0.4, -0.2) is 13.7 Å². The van der Waals surface area contributed by atoms with Crippen LogP contribution in [0.2, 0.25) is 0 Å². The maximum atomic E-state index is 11.2. The third-order valence-electron chi connectivity index (χ3n) is 0.321. The van der Waals surface area contributed by atoms with Gasteiger partial charge in [-0.3, -0.25) is 0 Å². The summed E-state index contributed by atoms with van der Waals surface area (Å²) in [6.07, 6.45) is 0. The van der Waals surface area contributed by atoms with Crippen molar-refractivity contribution in [3.05, 3.63) is 0 Å². The fraction of sp³-hybridized carbons (Fsp3) is 1.00. The lowest BCUT2D eigenvalue weighted by Crippen LogP contribution is -2.10. The molecule has 7 heavy (non-hydrogen) atoms. The number of rotatable bonds is 1. The van der Waals surface area contributed by atoms with Crippen LogP contribution in [-0.2, 0) is 10.7 Å². The molecule has 2 nitrogen and oxygen atoms in total. The molecule has 0 bridgehead atoms. The molecule has 0 aliphatic heterocycles. The van der Waals surface area contributed by atoms with Crippen molar-refractivity contribution in [3.63, 3.8) is 0 Å². The van der Waals surface area contributed by atoms with Crippen LogP contribution < -0.4 is 0 Å². The summed E-state index contributed by atoms with van der Waals surface area (Å²) < 4.78 is 41.1. The van der Waals surface area contributed by atoms with E-state index in [1.165, 1.54) is 0 Å². The van der Waals surface area contributed by atoms with Crippen LogP contribution >= 0.6 is 0 Å². The summed E-state index contributed by atoms with van der Waals surface area (Å²) in [6.45, 7) is 0.332. The molecule has 0 unspecified atom stereocenters. The van der Waals surface area contributed by atoms with Crippen molar-refractivity contribution < 1.29 is 17.2 Å². The van der Waals surface area contributed by atoms with Gasteiger partial charge in [0.15, 0.2) is 0 Å². The fourth-order valence-corrected chi connectivity index (χ4v) is 0. The van der Waals surface area contributed by atoms with Gasteiger partial charge >= 0.3 is 5.25 Å². The largest absolute Gasteiger partial charge is 0.340 e. The molecule has 5 heteroatoms. The lowest BCUT2D eigenvalue weighted by Gasteiger charge is -1.94. The summed E-state index contributed by atoms with van der Waals surface area (Å²) >= 11 is 0. The minimum absolute atomic E-state index is 0.332. The van der Waals surface area contributed by atoms with E-state index in [0.29, 0.717) is 6.92 Å². The summed E-state index contributed by atoms with van der Waals surface area (Å²) in [5, 5.41) is -3.55. The summed E-state index contributed by atoms with van der Waals surface area (Å²) in [7, 11) is -3.57. The van der Waals surface area contributed by atoms with E-state index in [1.807, 2.05) is 0 Å². The van der Waals surface area contributed by atoms with Crippen molar-refractivity contribution in [2.75, 3.05) is 0 Å². The topological polar surface area (TPSA) is 34.1 Å². The molecule has 0 amide bonds. The van der Waals surface area contributed by atoms with E-state index in [4.69, 9.17) is 0 Å². The quantitative estimate of drug-likeness (QED) is 0.515. The first-order chi connectivity index (χ1) is 2.94. The molecule has 0 fully saturated rings. The Kier molecular flexibility index (Phi) is 1.68. The van der Waals surface area contributed by atoms with Crippen LogP contribution in [0.3, 0.4) is 0 Å². The first-order valence-electron chi connectivity index (χ1n) is 1.47. The lowest BCUT2D eigenvalue weighted by atomic mass is 10.9. The smallest absolute Gasteiger partial charge is 0.226 e. The van der Waals surface area contributed by atoms with Crippen LogP contribution in [0.5, 0.6) is 0 Å². The zero-order valence-corrected chi connectivity index (χ0v) is 4.41. The zero-order valence-electron chi connectivity index (χ0n) is 3.52. The van der Waals surface area contributed by atoms with Crippen molar-refractivity contribution in [2.24, 2.45) is 0 Å². The Morgan fingerprint density at radius 2 is 1.57 bits per heavy atom. The summed E-state index contributed by atoms with van der Waals surface area (Å²) in [6, 6.07) is 0. The molecule has 0 N–H and O–H groups in total. The minimum atomic E-state index is -3.57. The number of alkyl halides is 2. The van der Waals surface area contributed by atoms with E-state index in [2.05, 4.69) is 0 Å². The van der Waals surface area contributed by atoms with Gasteiger partial charge in [-0.25, -0.2) is 8.42 Å². The van der Waals surface area contributed by atoms with Gasteiger partial charge in [-0.1, -0.05) is 0 Å². The predicted octanol–water partition coefficient (Wildman–Crippen LogP) is 0.211. The van der Waals surface area contributed by atoms with Crippen molar-refractivity contribution in [1.82, 2.24) is 0 Å². The normalized spacial score (nSPS) is 12.6. The minimum Gasteiger partial charge on any atom is -0.226 e. The van der Waals surface area contributed by atoms with Gasteiger partial charge in [0.25, 0.3) is 0 Å². The first-order valence-corrected chi connectivity index (χ1v) is 2.64. The molecule has 0 heterocycles. The fourth-order valence-electron chi connectivity index (χ4n) is 0. The average Bonchev–Trinajstić information content (AvgIpc) is 1.31. The number of hydrogen-bond acceptors (Lipinski definition) is 2. The first kappa shape index (κ1) is 6.81. The molecule has 0 aromatic rings. The zero-order chi connectivity index (χ0) is 6.08. The van der Waals surface area contributed by atoms with Crippen molar-refractivity contribution in [1.29, 1.82) is 0 Å². The lowest BCUT2D eigenvalue weighted by molar-refractivity contribution is 0.119. The maximum Gasteiger partial charge on any atom is 0.340 e. The van der Waals surface area contributed by atoms with Gasteiger partial charge in [0, 0.05) is 6.92 Å². The molecule has 0 aliphatic rings. The van der Waals surface area contributed by atoms with Gasteiger partial charge in [0.2, 0.25) is 10.7 Å². The molecule has 0 aromatic carbocycles. The monoisotopic (exact) mass is 130 g/mol. The van der Waals surface area contributed by atoms with Gasteiger partial charge in [-0.15, -0.1) is 0 Å². The molecule has 0 rings (SSSR count). The molecule has 0 atom stereocenters. The Hall–Kier alpha value is -0.190. The van der Waals surface area contributed by atoms with E-state index in [1.54, 1.807) is 0 Å². The third kappa shape index (κ3) is 2.50. The number of hydrogen-bond donors (Lipinski definition) is 1. The van der Waals surface area contributed by atoms with Gasteiger partial charge in [-0.2, -0.15) is 8.78 Å². The van der Waals surface area contributed by atoms with Gasteiger partial charge in [-0.05, 0) is 0 Å². The van der Waals surface area contributed by atoms with E-state index in [-0.39, 0.29) is 0 Å². The molecule has 0 saturated carbocycles. The van der Waals surface area contributed by atoms with Crippen molar-refractivity contribution in [3.8, 4) is 0 Å². The second kappa shape index (κ2) is 1.73. The predicted molar refractivity (Wildman–Crippen MR) is 20.9 cm³/mol. The molecule has 0 spiro atoms. The third-order valence-corrected chi connectivity index (χ3v) is 0.962. The Morgan fingerprint density at radius 1 is 1.43 bits per heavy atom. The highest BCUT2D eigenvalue weighted by Gasteiger charge is 2.24. The van der Waals surface area contributed by atoms with Crippen molar-refractivity contribution >= 4 is 10.7 Å². The van der Waals surface area contributed by atoms with Gasteiger partial charge < -0.3 is 0 Å². The summed E-state index contributed by atoms with van der Waals surface area (Å²) in [4.78, 5) is 0. The van der Waals surface area contributed by atoms with Crippen LogP contribution in [0.25, 0.3) is 0 Å². The average molecular weight is 130 g/mol. The van der Waals surface area contributed by atoms with E-state index < -0.39 is 16.0 Å². The molecular formula is C2H4F2O2S. The number of halogens is 2. The van der Waals surface area contributed by atoms with Crippen LogP contribution in [0, 0.1) is 0 Å². The SMILES string of the molecule is CC(F)(F)[SH](=O)=O. The Bertz CT molecular complexity index is 114. The van der Waals surface area contributed by atoms with Gasteiger partial charge in [0.1, 0.15) is 0 Å². The Balaban J connectivity index is 4.08. The van der Waals surface area contributed by atoms with Crippen molar-refractivity contribution in [2.45, 2.75) is 12.2 Å². The second-order valence-electron chi connectivity index (χ2n) is 1.10. The molecule has 0 radical (unpaired) electrons. The highest BCUT2D eigenvalue weighted by Crippen LogP contribution is 2.10. The van der Waals surface area contributed by atoms with E-state index in [0.717, 1.165) is 0 Å². The van der Waals surface area contributed by atoms with E-state index in [9.17, 15) is 17.2 Å². The molecule has 0 aliphatic carbocycles. The molecule has 0 aromatic heterocycles. The van der Waals surface area contributed by atoms with E-state index >= 15 is 0 Å². The highest BCUT2D eigenvalue weighted by atomic mass is 32.2. The standard InChI is InChI=1S/C2H4F2O2S/c1-2(3,4)7(5)6/h7H,1H3.